The summed E-state index contributed by atoms with van der Waals surface area (Å²) in [4.78, 5) is 65.8. The molecule has 10 heteroatoms. The average Bonchev–Trinajstić information content (AvgIpc) is 3.65. The quantitative estimate of drug-likeness (QED) is 0.212. The lowest BCUT2D eigenvalue weighted by Gasteiger charge is -2.72. The number of hydrogen-bond donors (Lipinski definition) is 3. The molecule has 56 heavy (non-hydrogen) atoms. The van der Waals surface area contributed by atoms with Crippen molar-refractivity contribution in [2.75, 3.05) is 6.54 Å². The first kappa shape index (κ1) is 40.8. The van der Waals surface area contributed by atoms with E-state index >= 15 is 0 Å². The van der Waals surface area contributed by atoms with Gasteiger partial charge in [0.15, 0.2) is 5.78 Å². The van der Waals surface area contributed by atoms with Gasteiger partial charge in [-0.2, -0.15) is 0 Å². The van der Waals surface area contributed by atoms with Crippen LogP contribution >= 0.6 is 0 Å². The Hall–Kier alpha value is -3.43. The number of amides is 2. The van der Waals surface area contributed by atoms with Crippen molar-refractivity contribution in [2.24, 2.45) is 62.6 Å². The third-order valence-electron chi connectivity index (χ3n) is 17.6. The summed E-state index contributed by atoms with van der Waals surface area (Å²) in [6.07, 6.45) is 9.53. The van der Waals surface area contributed by atoms with E-state index in [1.807, 2.05) is 13.8 Å². The summed E-state index contributed by atoms with van der Waals surface area (Å²) in [6.45, 7) is 22.0. The van der Waals surface area contributed by atoms with Gasteiger partial charge in [0.25, 0.3) is 5.91 Å². The number of hydrogen-bond acceptors (Lipinski definition) is 7. The smallest absolute Gasteiger partial charge is 0.309 e. The second kappa shape index (κ2) is 13.6. The highest BCUT2D eigenvalue weighted by molar-refractivity contribution is 6.02. The zero-order valence-electron chi connectivity index (χ0n) is 35.5. The fourth-order valence-electron chi connectivity index (χ4n) is 14.2. The number of esters is 1. The van der Waals surface area contributed by atoms with E-state index in [0.29, 0.717) is 36.0 Å². The number of ether oxygens (including phenoxy) is 1. The minimum Gasteiger partial charge on any atom is -0.481 e. The highest BCUT2D eigenvalue weighted by Crippen LogP contribution is 2.76. The Labute approximate surface area is 333 Å². The Kier molecular flexibility index (Phi) is 9.88. The molecule has 6 aliphatic rings. The van der Waals surface area contributed by atoms with Gasteiger partial charge >= 0.3 is 11.9 Å². The van der Waals surface area contributed by atoms with E-state index in [-0.39, 0.29) is 76.1 Å². The van der Waals surface area contributed by atoms with Crippen molar-refractivity contribution in [2.45, 2.75) is 152 Å². The Bertz CT molecular complexity index is 1850. The molecule has 0 unspecified atom stereocenters. The van der Waals surface area contributed by atoms with E-state index in [1.54, 1.807) is 13.0 Å². The van der Waals surface area contributed by atoms with Crippen LogP contribution in [0, 0.1) is 69.5 Å². The van der Waals surface area contributed by atoms with Crippen molar-refractivity contribution >= 4 is 29.5 Å². The monoisotopic (exact) mass is 774 g/mol. The van der Waals surface area contributed by atoms with Crippen molar-refractivity contribution in [3.05, 3.63) is 34.8 Å². The normalized spacial score (nSPS) is 39.4. The summed E-state index contributed by atoms with van der Waals surface area (Å²) in [6, 6.07) is 1.62. The van der Waals surface area contributed by atoms with E-state index in [1.165, 1.54) is 11.8 Å². The molecule has 2 amide bonds. The molecule has 6 aliphatic carbocycles. The molecule has 308 valence electrons. The summed E-state index contributed by atoms with van der Waals surface area (Å²) in [5.74, 6) is -0.689. The van der Waals surface area contributed by atoms with Gasteiger partial charge in [0.2, 0.25) is 5.91 Å². The topological polar surface area (TPSA) is 152 Å². The zero-order chi connectivity index (χ0) is 41.0. The zero-order valence-corrected chi connectivity index (χ0v) is 35.5. The van der Waals surface area contributed by atoms with Gasteiger partial charge in [-0.15, -0.1) is 0 Å². The predicted molar refractivity (Wildman–Crippen MR) is 211 cm³/mol. The number of ketones is 1. The first-order chi connectivity index (χ1) is 26.0. The van der Waals surface area contributed by atoms with Gasteiger partial charge in [0, 0.05) is 24.8 Å². The summed E-state index contributed by atoms with van der Waals surface area (Å²) in [5, 5.41) is 15.9. The molecule has 0 bridgehead atoms. The number of aryl methyl sites for hydroxylation is 1. The molecule has 1 aromatic heterocycles. The maximum atomic E-state index is 14.0. The van der Waals surface area contributed by atoms with Crippen LogP contribution in [-0.4, -0.2) is 52.8 Å². The Morgan fingerprint density at radius 2 is 1.61 bits per heavy atom. The third-order valence-corrected chi connectivity index (χ3v) is 17.6. The lowest BCUT2D eigenvalue weighted by Crippen LogP contribution is -2.67. The van der Waals surface area contributed by atoms with Crippen LogP contribution in [0.2, 0.25) is 0 Å². The lowest BCUT2D eigenvalue weighted by atomic mass is 9.33. The second-order valence-electron chi connectivity index (χ2n) is 21.0. The third kappa shape index (κ3) is 5.86. The number of carbonyl (C=O) groups excluding carboxylic acids is 4. The largest absolute Gasteiger partial charge is 0.481 e. The SMILES string of the molecule is Cc1occc1C(=O)NCCC(=O)N[C@@]12CC[C@]3(C)[C@H](CC[C@@H]4[C@@]5(C)CC[C@H](OC(=O)[C@H]6C[C@@H](C(=O)O)C6(C)C)C(C)(C)[C@@H]5CC[C@]43C)C1=C(C(C)C)C(=O)C2. The Morgan fingerprint density at radius 1 is 0.893 bits per heavy atom. The molecule has 1 aromatic rings. The number of furan rings is 1. The highest BCUT2D eigenvalue weighted by atomic mass is 16.5. The number of aliphatic carboxylic acids is 1. The van der Waals surface area contributed by atoms with Crippen molar-refractivity contribution in [1.82, 2.24) is 10.6 Å². The minimum atomic E-state index is -0.842. The molecule has 3 N–H and O–H groups in total. The lowest BCUT2D eigenvalue weighted by molar-refractivity contribution is -0.235. The first-order valence-corrected chi connectivity index (χ1v) is 21.4. The van der Waals surface area contributed by atoms with Crippen LogP contribution in [0.15, 0.2) is 27.9 Å². The standard InChI is InChI=1S/C46H66N2O8/c1-25(2)36-31(49)24-46(48-35(50)15-21-47-38(51)27-16-22-55-26(27)3)20-19-44(9)28(37(36)46)11-12-33-43(8)17-14-34(42(6,7)32(43)13-18-45(33,44)10)56-40(54)30-23-29(39(52)53)41(30,4)5/h16,22,25,28-30,32-34H,11-15,17-21,23-24H2,1-10H3,(H,47,51)(H,48,50)(H,52,53)/t28-,29+,30-,32+,33-,34+,43+,44-,45-,46-/m1/s1. The molecule has 0 spiro atoms. The van der Waals surface area contributed by atoms with Gasteiger partial charge in [-0.3, -0.25) is 24.0 Å². The molecule has 10 atom stereocenters. The number of carbonyl (C=O) groups is 5. The summed E-state index contributed by atoms with van der Waals surface area (Å²) < 4.78 is 11.7. The molecule has 5 saturated carbocycles. The van der Waals surface area contributed by atoms with Crippen molar-refractivity contribution < 1.29 is 38.2 Å². The van der Waals surface area contributed by atoms with Crippen molar-refractivity contribution in [3.8, 4) is 0 Å². The highest BCUT2D eigenvalue weighted by Gasteiger charge is 2.70. The number of fused-ring (bicyclic) bond motifs is 7. The second-order valence-corrected chi connectivity index (χ2v) is 21.0. The molecule has 10 nitrogen and oxygen atoms in total. The number of carboxylic acids is 1. The fourth-order valence-corrected chi connectivity index (χ4v) is 14.2. The maximum absolute atomic E-state index is 14.0. The van der Waals surface area contributed by atoms with Gasteiger partial charge in [0.1, 0.15) is 11.9 Å². The van der Waals surface area contributed by atoms with Crippen LogP contribution in [0.4, 0.5) is 0 Å². The number of Topliss-reactive ketones (excluding diaryl/α,β-unsaturated/α-hetero) is 1. The maximum Gasteiger partial charge on any atom is 0.309 e. The number of carboxylic acid groups (broad SMARTS) is 1. The molecule has 7 rings (SSSR count). The Morgan fingerprint density at radius 3 is 2.23 bits per heavy atom. The summed E-state index contributed by atoms with van der Waals surface area (Å²) in [7, 11) is 0. The number of allylic oxidation sites excluding steroid dienone is 1. The molecule has 0 aliphatic heterocycles. The molecular weight excluding hydrogens is 709 g/mol. The predicted octanol–water partition coefficient (Wildman–Crippen LogP) is 8.22. The molecule has 0 aromatic carbocycles. The van der Waals surface area contributed by atoms with Gasteiger partial charge in [0.05, 0.1) is 29.2 Å². The number of rotatable bonds is 9. The first-order valence-electron chi connectivity index (χ1n) is 21.4. The Balaban J connectivity index is 1.10. The van der Waals surface area contributed by atoms with Crippen LogP contribution in [-0.2, 0) is 23.9 Å². The van der Waals surface area contributed by atoms with Crippen LogP contribution in [0.5, 0.6) is 0 Å². The molecule has 0 saturated heterocycles. The van der Waals surface area contributed by atoms with Crippen LogP contribution in [0.1, 0.15) is 149 Å². The molecule has 5 fully saturated rings. The van der Waals surface area contributed by atoms with Gasteiger partial charge in [-0.05, 0) is 127 Å². The van der Waals surface area contributed by atoms with Crippen LogP contribution in [0.25, 0.3) is 0 Å². The van der Waals surface area contributed by atoms with E-state index in [9.17, 15) is 29.1 Å². The van der Waals surface area contributed by atoms with Crippen LogP contribution in [0.3, 0.4) is 0 Å². The molecule has 0 radical (unpaired) electrons. The average molecular weight is 775 g/mol. The summed E-state index contributed by atoms with van der Waals surface area (Å²) >= 11 is 0. The van der Waals surface area contributed by atoms with Gasteiger partial charge in [-0.25, -0.2) is 0 Å². The summed E-state index contributed by atoms with van der Waals surface area (Å²) in [5.41, 5.74) is 0.982. The minimum absolute atomic E-state index is 0.00888. The van der Waals surface area contributed by atoms with Gasteiger partial charge < -0.3 is 24.9 Å². The fraction of sp³-hybridized carbons (Fsp3) is 0.761. The van der Waals surface area contributed by atoms with E-state index < -0.39 is 28.8 Å². The van der Waals surface area contributed by atoms with E-state index in [0.717, 1.165) is 56.9 Å². The van der Waals surface area contributed by atoms with Gasteiger partial charge in [-0.1, -0.05) is 62.3 Å². The van der Waals surface area contributed by atoms with E-state index in [2.05, 4.69) is 59.1 Å². The molecule has 1 heterocycles. The van der Waals surface area contributed by atoms with Crippen molar-refractivity contribution in [3.63, 3.8) is 0 Å². The molecular formula is C46H66N2O8. The number of nitrogens with one attached hydrogen (secondary N) is 2. The van der Waals surface area contributed by atoms with Crippen LogP contribution < -0.4 is 10.6 Å². The van der Waals surface area contributed by atoms with E-state index in [4.69, 9.17) is 9.15 Å². The van der Waals surface area contributed by atoms with Crippen molar-refractivity contribution in [1.29, 1.82) is 0 Å².